The van der Waals surface area contributed by atoms with Gasteiger partial charge in [-0.15, -0.1) is 0 Å². The summed E-state index contributed by atoms with van der Waals surface area (Å²) in [5, 5.41) is 3.05. The number of rotatable bonds is 5. The molecule has 112 valence electrons. The molecule has 0 heterocycles. The third-order valence-corrected chi connectivity index (χ3v) is 5.47. The van der Waals surface area contributed by atoms with Crippen molar-refractivity contribution in [2.75, 3.05) is 16.6 Å². The van der Waals surface area contributed by atoms with Crippen LogP contribution < -0.4 is 10.0 Å². The summed E-state index contributed by atoms with van der Waals surface area (Å²) in [7, 11) is -3.68. The van der Waals surface area contributed by atoms with Gasteiger partial charge in [0, 0.05) is 15.5 Å². The van der Waals surface area contributed by atoms with Crippen molar-refractivity contribution in [1.82, 2.24) is 0 Å². The van der Waals surface area contributed by atoms with Gasteiger partial charge in [-0.1, -0.05) is 18.2 Å². The van der Waals surface area contributed by atoms with Crippen LogP contribution in [0, 0.1) is 0 Å². The van der Waals surface area contributed by atoms with Crippen molar-refractivity contribution in [1.29, 1.82) is 0 Å². The first-order valence-corrected chi connectivity index (χ1v) is 9.32. The fraction of sp³-hybridized carbons (Fsp3) is 0.143. The average Bonchev–Trinajstić information content (AvgIpc) is 2.44. The van der Waals surface area contributed by atoms with Gasteiger partial charge in [0.05, 0.1) is 11.4 Å². The standard InChI is InChI=1S/C14H14Br2N2O2S/c1-2-17-12-8-3-4-9-13(12)21(19,20)18-14-10(15)6-5-7-11(14)16/h3-9,17-18H,2H2,1H3. The number of para-hydroxylation sites is 2. The van der Waals surface area contributed by atoms with E-state index in [1.807, 2.05) is 13.0 Å². The van der Waals surface area contributed by atoms with Crippen molar-refractivity contribution in [3.63, 3.8) is 0 Å². The van der Waals surface area contributed by atoms with Gasteiger partial charge in [0.1, 0.15) is 4.90 Å². The molecule has 0 saturated carbocycles. The van der Waals surface area contributed by atoms with Crippen LogP contribution in [0.5, 0.6) is 0 Å². The molecule has 0 bridgehead atoms. The average molecular weight is 434 g/mol. The van der Waals surface area contributed by atoms with Crippen LogP contribution in [-0.4, -0.2) is 15.0 Å². The van der Waals surface area contributed by atoms with Crippen LogP contribution in [-0.2, 0) is 10.0 Å². The Kier molecular flexibility index (Phi) is 5.29. The normalized spacial score (nSPS) is 11.2. The smallest absolute Gasteiger partial charge is 0.264 e. The Hall–Kier alpha value is -1.05. The van der Waals surface area contributed by atoms with Gasteiger partial charge >= 0.3 is 0 Å². The fourth-order valence-electron chi connectivity index (χ4n) is 1.82. The Morgan fingerprint density at radius 3 is 2.24 bits per heavy atom. The molecule has 4 nitrogen and oxygen atoms in total. The highest BCUT2D eigenvalue weighted by atomic mass is 79.9. The Bertz CT molecular complexity index is 728. The lowest BCUT2D eigenvalue weighted by molar-refractivity contribution is 0.601. The summed E-state index contributed by atoms with van der Waals surface area (Å²) in [6.07, 6.45) is 0. The number of anilines is 2. The first-order chi connectivity index (χ1) is 9.95. The number of sulfonamides is 1. The van der Waals surface area contributed by atoms with E-state index in [0.717, 1.165) is 0 Å². The molecular weight excluding hydrogens is 420 g/mol. The van der Waals surface area contributed by atoms with Crippen LogP contribution in [0.15, 0.2) is 56.3 Å². The minimum absolute atomic E-state index is 0.217. The summed E-state index contributed by atoms with van der Waals surface area (Å²) in [6.45, 7) is 2.56. The second-order valence-electron chi connectivity index (χ2n) is 4.23. The van der Waals surface area contributed by atoms with E-state index in [1.165, 1.54) is 0 Å². The van der Waals surface area contributed by atoms with Crippen LogP contribution >= 0.6 is 31.9 Å². The Morgan fingerprint density at radius 2 is 1.62 bits per heavy atom. The molecule has 0 radical (unpaired) electrons. The van der Waals surface area contributed by atoms with Crippen LogP contribution in [0.4, 0.5) is 11.4 Å². The summed E-state index contributed by atoms with van der Waals surface area (Å²) in [6, 6.07) is 12.2. The number of hydrogen-bond acceptors (Lipinski definition) is 3. The summed E-state index contributed by atoms with van der Waals surface area (Å²) in [5.74, 6) is 0. The third kappa shape index (κ3) is 3.78. The van der Waals surface area contributed by atoms with Crippen molar-refractivity contribution < 1.29 is 8.42 Å². The van der Waals surface area contributed by atoms with Gasteiger partial charge in [0.25, 0.3) is 10.0 Å². The van der Waals surface area contributed by atoms with Crippen LogP contribution in [0.1, 0.15) is 6.92 Å². The monoisotopic (exact) mass is 432 g/mol. The van der Waals surface area contributed by atoms with Crippen molar-refractivity contribution in [3.05, 3.63) is 51.4 Å². The topological polar surface area (TPSA) is 58.2 Å². The van der Waals surface area contributed by atoms with E-state index in [4.69, 9.17) is 0 Å². The number of nitrogens with one attached hydrogen (secondary N) is 2. The SMILES string of the molecule is CCNc1ccccc1S(=O)(=O)Nc1c(Br)cccc1Br. The van der Waals surface area contributed by atoms with Crippen LogP contribution in [0.25, 0.3) is 0 Å². The summed E-state index contributed by atoms with van der Waals surface area (Å²) < 4.78 is 29.2. The Morgan fingerprint density at radius 1 is 1.00 bits per heavy atom. The van der Waals surface area contributed by atoms with Crippen LogP contribution in [0.3, 0.4) is 0 Å². The summed E-state index contributed by atoms with van der Waals surface area (Å²) in [5.41, 5.74) is 1.06. The number of benzene rings is 2. The highest BCUT2D eigenvalue weighted by molar-refractivity contribution is 9.11. The minimum atomic E-state index is -3.68. The van der Waals surface area contributed by atoms with E-state index < -0.39 is 10.0 Å². The second-order valence-corrected chi connectivity index (χ2v) is 7.59. The van der Waals surface area contributed by atoms with Gasteiger partial charge in [0.15, 0.2) is 0 Å². The molecule has 2 aromatic rings. The molecule has 0 atom stereocenters. The first kappa shape index (κ1) is 16.3. The third-order valence-electron chi connectivity index (χ3n) is 2.74. The zero-order valence-electron chi connectivity index (χ0n) is 11.2. The lowest BCUT2D eigenvalue weighted by Gasteiger charge is -2.14. The quantitative estimate of drug-likeness (QED) is 0.732. The van der Waals surface area contributed by atoms with Crippen molar-refractivity contribution in [2.24, 2.45) is 0 Å². The van der Waals surface area contributed by atoms with E-state index in [9.17, 15) is 8.42 Å². The van der Waals surface area contributed by atoms with Gasteiger partial charge in [-0.3, -0.25) is 4.72 Å². The van der Waals surface area contributed by atoms with Crippen LogP contribution in [0.2, 0.25) is 0 Å². The maximum atomic E-state index is 12.6. The molecule has 0 unspecified atom stereocenters. The van der Waals surface area contributed by atoms with Gasteiger partial charge in [-0.05, 0) is 63.0 Å². The summed E-state index contributed by atoms with van der Waals surface area (Å²) in [4.78, 5) is 0.217. The number of halogens is 2. The van der Waals surface area contributed by atoms with Gasteiger partial charge in [-0.25, -0.2) is 8.42 Å². The lowest BCUT2D eigenvalue weighted by Crippen LogP contribution is -2.16. The molecule has 2 N–H and O–H groups in total. The van der Waals surface area contributed by atoms with Gasteiger partial charge in [-0.2, -0.15) is 0 Å². The largest absolute Gasteiger partial charge is 0.384 e. The molecule has 0 saturated heterocycles. The molecule has 0 aliphatic rings. The minimum Gasteiger partial charge on any atom is -0.384 e. The maximum absolute atomic E-state index is 12.6. The van der Waals surface area contributed by atoms with E-state index >= 15 is 0 Å². The highest BCUT2D eigenvalue weighted by Gasteiger charge is 2.20. The van der Waals surface area contributed by atoms with E-state index in [0.29, 0.717) is 26.9 Å². The second kappa shape index (κ2) is 6.81. The first-order valence-electron chi connectivity index (χ1n) is 6.25. The molecule has 2 rings (SSSR count). The summed E-state index contributed by atoms with van der Waals surface area (Å²) >= 11 is 6.70. The van der Waals surface area contributed by atoms with E-state index in [2.05, 4.69) is 41.9 Å². The molecule has 2 aromatic carbocycles. The predicted molar refractivity (Wildman–Crippen MR) is 93.3 cm³/mol. The van der Waals surface area contributed by atoms with Gasteiger partial charge < -0.3 is 5.32 Å². The molecule has 0 fully saturated rings. The fourth-order valence-corrected chi connectivity index (χ4v) is 4.57. The van der Waals surface area contributed by atoms with Crippen molar-refractivity contribution in [3.8, 4) is 0 Å². The number of hydrogen-bond donors (Lipinski definition) is 2. The zero-order chi connectivity index (χ0) is 15.5. The van der Waals surface area contributed by atoms with Crippen molar-refractivity contribution >= 4 is 53.3 Å². The highest BCUT2D eigenvalue weighted by Crippen LogP contribution is 2.33. The molecule has 0 aliphatic carbocycles. The zero-order valence-corrected chi connectivity index (χ0v) is 15.2. The molecular formula is C14H14Br2N2O2S. The molecule has 0 aliphatic heterocycles. The van der Waals surface area contributed by atoms with Crippen molar-refractivity contribution in [2.45, 2.75) is 11.8 Å². The lowest BCUT2D eigenvalue weighted by atomic mass is 10.3. The van der Waals surface area contributed by atoms with Gasteiger partial charge in [0.2, 0.25) is 0 Å². The maximum Gasteiger partial charge on any atom is 0.264 e. The molecule has 0 spiro atoms. The predicted octanol–water partition coefficient (Wildman–Crippen LogP) is 4.44. The Balaban J connectivity index is 2.44. The van der Waals surface area contributed by atoms with E-state index in [1.54, 1.807) is 36.4 Å². The van der Waals surface area contributed by atoms with E-state index in [-0.39, 0.29) is 4.90 Å². The Labute approximate surface area is 141 Å². The molecule has 7 heteroatoms. The molecule has 0 amide bonds. The molecule has 0 aromatic heterocycles. The molecule has 21 heavy (non-hydrogen) atoms.